The van der Waals surface area contributed by atoms with Gasteiger partial charge in [-0.15, -0.1) is 0 Å². The number of carbonyl (C=O) groups is 2. The number of amides is 2. The lowest BCUT2D eigenvalue weighted by molar-refractivity contribution is -0.116. The number of hydrogen-bond acceptors (Lipinski definition) is 3. The Labute approximate surface area is 134 Å². The summed E-state index contributed by atoms with van der Waals surface area (Å²) in [4.78, 5) is 23.7. The maximum absolute atomic E-state index is 12.4. The van der Waals surface area contributed by atoms with Gasteiger partial charge in [0.25, 0.3) is 5.91 Å². The van der Waals surface area contributed by atoms with E-state index in [0.717, 1.165) is 0 Å². The Kier molecular flexibility index (Phi) is 5.26. The molecular formula is C18H15N3O2. The van der Waals surface area contributed by atoms with Crippen LogP contribution in [0.3, 0.4) is 0 Å². The molecule has 5 nitrogen and oxygen atoms in total. The van der Waals surface area contributed by atoms with Gasteiger partial charge in [0, 0.05) is 17.8 Å². The molecule has 114 valence electrons. The fourth-order valence-corrected chi connectivity index (χ4v) is 2.02. The maximum Gasteiger partial charge on any atom is 0.256 e. The smallest absolute Gasteiger partial charge is 0.256 e. The average molecular weight is 305 g/mol. The number of rotatable bonds is 5. The Morgan fingerprint density at radius 2 is 1.96 bits per heavy atom. The molecule has 0 aliphatic carbocycles. The van der Waals surface area contributed by atoms with Gasteiger partial charge in [0.1, 0.15) is 0 Å². The molecule has 0 atom stereocenters. The largest absolute Gasteiger partial charge is 0.348 e. The van der Waals surface area contributed by atoms with E-state index in [2.05, 4.69) is 17.2 Å². The summed E-state index contributed by atoms with van der Waals surface area (Å²) in [7, 11) is 0. The Morgan fingerprint density at radius 1 is 1.17 bits per heavy atom. The van der Waals surface area contributed by atoms with Crippen molar-refractivity contribution in [3.8, 4) is 6.07 Å². The summed E-state index contributed by atoms with van der Waals surface area (Å²) >= 11 is 0. The van der Waals surface area contributed by atoms with E-state index in [1.165, 1.54) is 6.08 Å². The Hall–Kier alpha value is -3.39. The summed E-state index contributed by atoms with van der Waals surface area (Å²) in [5.74, 6) is -0.606. The first-order chi connectivity index (χ1) is 11.1. The van der Waals surface area contributed by atoms with Crippen molar-refractivity contribution in [1.29, 1.82) is 5.26 Å². The van der Waals surface area contributed by atoms with E-state index in [0.29, 0.717) is 22.4 Å². The summed E-state index contributed by atoms with van der Waals surface area (Å²) in [6.45, 7) is 3.61. The van der Waals surface area contributed by atoms with Crippen molar-refractivity contribution < 1.29 is 9.59 Å². The van der Waals surface area contributed by atoms with E-state index in [1.54, 1.807) is 48.5 Å². The summed E-state index contributed by atoms with van der Waals surface area (Å²) in [6.07, 6.45) is 1.18. The van der Waals surface area contributed by atoms with Crippen molar-refractivity contribution >= 4 is 17.5 Å². The molecule has 2 amide bonds. The van der Waals surface area contributed by atoms with Crippen molar-refractivity contribution in [3.63, 3.8) is 0 Å². The third-order valence-corrected chi connectivity index (χ3v) is 3.15. The van der Waals surface area contributed by atoms with Gasteiger partial charge in [0.05, 0.1) is 11.6 Å². The Morgan fingerprint density at radius 3 is 2.70 bits per heavy atom. The van der Waals surface area contributed by atoms with Crippen LogP contribution in [0.25, 0.3) is 0 Å². The lowest BCUT2D eigenvalue weighted by Crippen LogP contribution is -2.22. The normalized spacial score (nSPS) is 9.52. The van der Waals surface area contributed by atoms with Crippen molar-refractivity contribution in [3.05, 3.63) is 77.9 Å². The molecule has 0 radical (unpaired) electrons. The first-order valence-electron chi connectivity index (χ1n) is 6.93. The van der Waals surface area contributed by atoms with Gasteiger partial charge in [-0.05, 0) is 35.9 Å². The molecule has 0 fully saturated rings. The fraction of sp³-hybridized carbons (Fsp3) is 0.0556. The SMILES string of the molecule is C=CC(=O)NCc1ccccc1C(=O)Nc1cccc(C#N)c1. The van der Waals surface area contributed by atoms with Gasteiger partial charge in [0.2, 0.25) is 5.91 Å². The molecule has 2 aromatic carbocycles. The Balaban J connectivity index is 2.17. The Bertz CT molecular complexity index is 791. The minimum atomic E-state index is -0.304. The zero-order valence-electron chi connectivity index (χ0n) is 12.4. The summed E-state index contributed by atoms with van der Waals surface area (Å²) in [5, 5.41) is 14.3. The monoisotopic (exact) mass is 305 g/mol. The van der Waals surface area contributed by atoms with Crippen LogP contribution in [0.2, 0.25) is 0 Å². The van der Waals surface area contributed by atoms with E-state index in [1.807, 2.05) is 6.07 Å². The number of hydrogen-bond donors (Lipinski definition) is 2. The first-order valence-corrected chi connectivity index (χ1v) is 6.93. The second kappa shape index (κ2) is 7.57. The van der Waals surface area contributed by atoms with Crippen molar-refractivity contribution in [2.24, 2.45) is 0 Å². The summed E-state index contributed by atoms with van der Waals surface area (Å²) in [6, 6.07) is 15.7. The number of benzene rings is 2. The van der Waals surface area contributed by atoms with E-state index < -0.39 is 0 Å². The molecular weight excluding hydrogens is 290 g/mol. The van der Waals surface area contributed by atoms with E-state index in [-0.39, 0.29) is 18.4 Å². The molecule has 0 saturated carbocycles. The van der Waals surface area contributed by atoms with Gasteiger partial charge in [-0.3, -0.25) is 9.59 Å². The topological polar surface area (TPSA) is 82.0 Å². The summed E-state index contributed by atoms with van der Waals surface area (Å²) in [5.41, 5.74) is 2.16. The second-order valence-electron chi connectivity index (χ2n) is 4.73. The lowest BCUT2D eigenvalue weighted by Gasteiger charge is -2.10. The van der Waals surface area contributed by atoms with Crippen LogP contribution in [0.1, 0.15) is 21.5 Å². The number of carbonyl (C=O) groups excluding carboxylic acids is 2. The van der Waals surface area contributed by atoms with Gasteiger partial charge < -0.3 is 10.6 Å². The molecule has 23 heavy (non-hydrogen) atoms. The van der Waals surface area contributed by atoms with Crippen LogP contribution >= 0.6 is 0 Å². The lowest BCUT2D eigenvalue weighted by atomic mass is 10.1. The van der Waals surface area contributed by atoms with E-state index in [4.69, 9.17) is 5.26 Å². The molecule has 0 heterocycles. The minimum absolute atomic E-state index is 0.229. The van der Waals surface area contributed by atoms with E-state index in [9.17, 15) is 9.59 Å². The summed E-state index contributed by atoms with van der Waals surface area (Å²) < 4.78 is 0. The number of nitrogens with one attached hydrogen (secondary N) is 2. The molecule has 5 heteroatoms. The van der Waals surface area contributed by atoms with Crippen LogP contribution in [-0.2, 0) is 11.3 Å². The molecule has 2 aromatic rings. The third-order valence-electron chi connectivity index (χ3n) is 3.15. The molecule has 0 aliphatic rings. The van der Waals surface area contributed by atoms with Gasteiger partial charge in [-0.1, -0.05) is 30.8 Å². The number of nitriles is 1. The molecule has 0 bridgehead atoms. The minimum Gasteiger partial charge on any atom is -0.348 e. The quantitative estimate of drug-likeness (QED) is 0.833. The molecule has 0 saturated heterocycles. The number of anilines is 1. The first kappa shape index (κ1) is 16.0. The van der Waals surface area contributed by atoms with Crippen molar-refractivity contribution in [2.45, 2.75) is 6.54 Å². The number of nitrogens with zero attached hydrogens (tertiary/aromatic N) is 1. The van der Waals surface area contributed by atoms with Crippen LogP contribution < -0.4 is 10.6 Å². The van der Waals surface area contributed by atoms with Crippen LogP contribution in [0.5, 0.6) is 0 Å². The molecule has 2 N–H and O–H groups in total. The highest BCUT2D eigenvalue weighted by Gasteiger charge is 2.11. The van der Waals surface area contributed by atoms with Crippen molar-refractivity contribution in [2.75, 3.05) is 5.32 Å². The third kappa shape index (κ3) is 4.29. The molecule has 0 aliphatic heterocycles. The standard InChI is InChI=1S/C18H15N3O2/c1-2-17(22)20-12-14-7-3-4-9-16(14)18(23)21-15-8-5-6-13(10-15)11-19/h2-10H,1,12H2,(H,20,22)(H,21,23). The van der Waals surface area contributed by atoms with Crippen LogP contribution in [-0.4, -0.2) is 11.8 Å². The van der Waals surface area contributed by atoms with Gasteiger partial charge in [0.15, 0.2) is 0 Å². The highest BCUT2D eigenvalue weighted by Crippen LogP contribution is 2.14. The van der Waals surface area contributed by atoms with Crippen LogP contribution in [0.15, 0.2) is 61.2 Å². The highest BCUT2D eigenvalue weighted by atomic mass is 16.2. The van der Waals surface area contributed by atoms with Crippen LogP contribution in [0, 0.1) is 11.3 Å². The molecule has 0 aromatic heterocycles. The second-order valence-corrected chi connectivity index (χ2v) is 4.73. The predicted molar refractivity (Wildman–Crippen MR) is 87.6 cm³/mol. The van der Waals surface area contributed by atoms with Crippen molar-refractivity contribution in [1.82, 2.24) is 5.32 Å². The fourth-order valence-electron chi connectivity index (χ4n) is 2.02. The van der Waals surface area contributed by atoms with Crippen LogP contribution in [0.4, 0.5) is 5.69 Å². The zero-order chi connectivity index (χ0) is 16.7. The highest BCUT2D eigenvalue weighted by molar-refractivity contribution is 6.05. The van der Waals surface area contributed by atoms with Gasteiger partial charge >= 0.3 is 0 Å². The molecule has 0 spiro atoms. The van der Waals surface area contributed by atoms with Gasteiger partial charge in [-0.2, -0.15) is 5.26 Å². The predicted octanol–water partition coefficient (Wildman–Crippen LogP) is 2.61. The van der Waals surface area contributed by atoms with E-state index >= 15 is 0 Å². The van der Waals surface area contributed by atoms with Gasteiger partial charge in [-0.25, -0.2) is 0 Å². The maximum atomic E-state index is 12.4. The molecule has 0 unspecified atom stereocenters. The zero-order valence-corrected chi connectivity index (χ0v) is 12.4. The molecule has 2 rings (SSSR count). The average Bonchev–Trinajstić information content (AvgIpc) is 2.60.